The van der Waals surface area contributed by atoms with E-state index in [2.05, 4.69) is 15.9 Å². The number of halogens is 2. The fraction of sp³-hybridized carbons (Fsp3) is 0.364. The van der Waals surface area contributed by atoms with Crippen molar-refractivity contribution in [2.45, 2.75) is 13.3 Å². The van der Waals surface area contributed by atoms with E-state index in [1.807, 2.05) is 6.92 Å². The maximum absolute atomic E-state index is 13.0. The molecule has 0 atom stereocenters. The van der Waals surface area contributed by atoms with Crippen LogP contribution in [0.4, 0.5) is 4.39 Å². The summed E-state index contributed by atoms with van der Waals surface area (Å²) in [5, 5.41) is 0. The minimum absolute atomic E-state index is 0.138. The largest absolute Gasteiger partial charge is 0.298 e. The van der Waals surface area contributed by atoms with Gasteiger partial charge in [0, 0.05) is 10.9 Å². The van der Waals surface area contributed by atoms with Crippen LogP contribution in [-0.4, -0.2) is 17.3 Å². The van der Waals surface area contributed by atoms with Crippen molar-refractivity contribution in [1.82, 2.24) is 0 Å². The zero-order valence-corrected chi connectivity index (χ0v) is 10.8. The third-order valence-electron chi connectivity index (χ3n) is 1.79. The molecule has 1 nitrogen and oxygen atoms in total. The highest BCUT2D eigenvalue weighted by molar-refractivity contribution is 9.10. The molecule has 0 unspecified atom stereocenters. The van der Waals surface area contributed by atoms with Crippen LogP contribution in [0.1, 0.15) is 12.5 Å². The second-order valence-corrected chi connectivity index (χ2v) is 5.32. The first-order valence-electron chi connectivity index (χ1n) is 4.66. The molecule has 0 aliphatic heterocycles. The Balaban J connectivity index is 2.60. The quantitative estimate of drug-likeness (QED) is 0.826. The molecule has 1 aromatic carbocycles. The van der Waals surface area contributed by atoms with Crippen molar-refractivity contribution in [3.63, 3.8) is 0 Å². The van der Waals surface area contributed by atoms with Crippen molar-refractivity contribution in [2.75, 3.05) is 11.5 Å². The molecule has 0 amide bonds. The Bertz CT molecular complexity index is 334. The molecule has 0 radical (unpaired) electrons. The first kappa shape index (κ1) is 12.7. The molecule has 4 heteroatoms. The maximum atomic E-state index is 13.0. The zero-order valence-electron chi connectivity index (χ0n) is 8.43. The van der Waals surface area contributed by atoms with Gasteiger partial charge in [-0.2, -0.15) is 11.8 Å². The molecule has 0 spiro atoms. The van der Waals surface area contributed by atoms with Gasteiger partial charge in [0.2, 0.25) is 0 Å². The molecule has 1 rings (SSSR count). The van der Waals surface area contributed by atoms with Crippen molar-refractivity contribution in [3.05, 3.63) is 34.1 Å². The van der Waals surface area contributed by atoms with Gasteiger partial charge in [0.05, 0.1) is 5.75 Å². The average Bonchev–Trinajstić information content (AvgIpc) is 2.13. The lowest BCUT2D eigenvalue weighted by molar-refractivity contribution is -0.116. The molecule has 0 fully saturated rings. The summed E-state index contributed by atoms with van der Waals surface area (Å²) in [7, 11) is 0. The number of ketones is 1. The van der Waals surface area contributed by atoms with Crippen molar-refractivity contribution >= 4 is 33.5 Å². The summed E-state index contributed by atoms with van der Waals surface area (Å²) in [5.74, 6) is 1.26. The van der Waals surface area contributed by atoms with Crippen LogP contribution in [0.2, 0.25) is 0 Å². The van der Waals surface area contributed by atoms with E-state index in [0.29, 0.717) is 16.6 Å². The van der Waals surface area contributed by atoms with Crippen LogP contribution >= 0.6 is 27.7 Å². The van der Waals surface area contributed by atoms with E-state index in [4.69, 9.17) is 0 Å². The topological polar surface area (TPSA) is 17.1 Å². The van der Waals surface area contributed by atoms with Gasteiger partial charge in [0.25, 0.3) is 0 Å². The molecule has 0 aliphatic rings. The van der Waals surface area contributed by atoms with Crippen LogP contribution in [0.25, 0.3) is 0 Å². The minimum Gasteiger partial charge on any atom is -0.298 e. The van der Waals surface area contributed by atoms with Crippen molar-refractivity contribution in [1.29, 1.82) is 0 Å². The highest BCUT2D eigenvalue weighted by atomic mass is 79.9. The van der Waals surface area contributed by atoms with Crippen LogP contribution in [-0.2, 0) is 11.2 Å². The number of thioether (sulfide) groups is 1. The van der Waals surface area contributed by atoms with Crippen LogP contribution in [0, 0.1) is 5.82 Å². The van der Waals surface area contributed by atoms with Crippen LogP contribution in [0.3, 0.4) is 0 Å². The fourth-order valence-corrected chi connectivity index (χ4v) is 2.25. The summed E-state index contributed by atoms with van der Waals surface area (Å²) in [5.41, 5.74) is 0.726. The van der Waals surface area contributed by atoms with Gasteiger partial charge >= 0.3 is 0 Å². The molecule has 0 bridgehead atoms. The summed E-state index contributed by atoms with van der Waals surface area (Å²) >= 11 is 4.79. The number of carbonyl (C=O) groups excluding carboxylic acids is 1. The standard InChI is InChI=1S/C11H12BrFOS/c1-2-15-7-11(14)5-8-3-9(12)6-10(13)4-8/h3-4,6H,2,5,7H2,1H3. The van der Waals surface area contributed by atoms with Gasteiger partial charge < -0.3 is 0 Å². The van der Waals surface area contributed by atoms with Crippen molar-refractivity contribution in [3.8, 4) is 0 Å². The Kier molecular flexibility index (Phi) is 5.32. The van der Waals surface area contributed by atoms with E-state index < -0.39 is 0 Å². The molecular formula is C11H12BrFOS. The average molecular weight is 291 g/mol. The van der Waals surface area contributed by atoms with E-state index in [9.17, 15) is 9.18 Å². The van der Waals surface area contributed by atoms with Gasteiger partial charge in [-0.05, 0) is 29.5 Å². The fourth-order valence-electron chi connectivity index (χ4n) is 1.21. The van der Waals surface area contributed by atoms with Gasteiger partial charge in [0.1, 0.15) is 11.6 Å². The summed E-state index contributed by atoms with van der Waals surface area (Å²) < 4.78 is 13.7. The van der Waals surface area contributed by atoms with Crippen molar-refractivity contribution < 1.29 is 9.18 Å². The number of hydrogen-bond donors (Lipinski definition) is 0. The Morgan fingerprint density at radius 1 is 1.47 bits per heavy atom. The van der Waals surface area contributed by atoms with Gasteiger partial charge in [-0.1, -0.05) is 22.9 Å². The molecule has 0 heterocycles. The minimum atomic E-state index is -0.310. The molecule has 15 heavy (non-hydrogen) atoms. The third-order valence-corrected chi connectivity index (χ3v) is 3.18. The second-order valence-electron chi connectivity index (χ2n) is 3.13. The van der Waals surface area contributed by atoms with Crippen LogP contribution < -0.4 is 0 Å². The molecule has 1 aromatic rings. The summed E-state index contributed by atoms with van der Waals surface area (Å²) in [6, 6.07) is 4.56. The summed E-state index contributed by atoms with van der Waals surface area (Å²) in [4.78, 5) is 11.4. The Hall–Kier alpha value is -0.350. The van der Waals surface area contributed by atoms with Crippen LogP contribution in [0.15, 0.2) is 22.7 Å². The molecule has 0 saturated heterocycles. The second kappa shape index (κ2) is 6.28. The number of rotatable bonds is 5. The summed E-state index contributed by atoms with van der Waals surface area (Å²) in [6.45, 7) is 2.01. The van der Waals surface area contributed by atoms with Crippen molar-refractivity contribution in [2.24, 2.45) is 0 Å². The van der Waals surface area contributed by atoms with Gasteiger partial charge in [0.15, 0.2) is 0 Å². The van der Waals surface area contributed by atoms with E-state index >= 15 is 0 Å². The Morgan fingerprint density at radius 2 is 2.20 bits per heavy atom. The SMILES string of the molecule is CCSCC(=O)Cc1cc(F)cc(Br)c1. The number of benzene rings is 1. The van der Waals surface area contributed by atoms with E-state index in [-0.39, 0.29) is 11.6 Å². The first-order chi connectivity index (χ1) is 7.11. The maximum Gasteiger partial charge on any atom is 0.147 e. The van der Waals surface area contributed by atoms with Crippen LogP contribution in [0.5, 0.6) is 0 Å². The Morgan fingerprint density at radius 3 is 2.80 bits per heavy atom. The number of Topliss-reactive ketones (excluding diaryl/α,β-unsaturated/α-hetero) is 1. The molecule has 0 aromatic heterocycles. The summed E-state index contributed by atoms with van der Waals surface area (Å²) in [6.07, 6.45) is 0.309. The highest BCUT2D eigenvalue weighted by Gasteiger charge is 2.05. The normalized spacial score (nSPS) is 10.3. The lowest BCUT2D eigenvalue weighted by Crippen LogP contribution is -2.06. The Labute approximate surface area is 102 Å². The zero-order chi connectivity index (χ0) is 11.3. The predicted octanol–water partition coefficient (Wildman–Crippen LogP) is 3.45. The van der Waals surface area contributed by atoms with Gasteiger partial charge in [-0.3, -0.25) is 4.79 Å². The monoisotopic (exact) mass is 290 g/mol. The molecule has 82 valence electrons. The number of hydrogen-bond acceptors (Lipinski definition) is 2. The van der Waals surface area contributed by atoms with E-state index in [1.165, 1.54) is 12.1 Å². The lowest BCUT2D eigenvalue weighted by Gasteiger charge is -2.02. The smallest absolute Gasteiger partial charge is 0.147 e. The van der Waals surface area contributed by atoms with Gasteiger partial charge in [-0.15, -0.1) is 0 Å². The van der Waals surface area contributed by atoms with Gasteiger partial charge in [-0.25, -0.2) is 4.39 Å². The lowest BCUT2D eigenvalue weighted by atomic mass is 10.1. The molecule has 0 aliphatic carbocycles. The molecule has 0 saturated carbocycles. The molecular weight excluding hydrogens is 279 g/mol. The third kappa shape index (κ3) is 4.80. The van der Waals surface area contributed by atoms with E-state index in [0.717, 1.165) is 11.3 Å². The first-order valence-corrected chi connectivity index (χ1v) is 6.61. The predicted molar refractivity (Wildman–Crippen MR) is 65.8 cm³/mol. The highest BCUT2D eigenvalue weighted by Crippen LogP contribution is 2.16. The van der Waals surface area contributed by atoms with E-state index in [1.54, 1.807) is 17.8 Å². The molecule has 0 N–H and O–H groups in total. The number of carbonyl (C=O) groups is 1.